The Morgan fingerprint density at radius 1 is 1.55 bits per heavy atom. The van der Waals surface area contributed by atoms with E-state index in [-0.39, 0.29) is 29.7 Å². The second kappa shape index (κ2) is 6.29. The molecule has 1 N–H and O–H groups in total. The predicted molar refractivity (Wildman–Crippen MR) is 73.5 cm³/mol. The van der Waals surface area contributed by atoms with Crippen molar-refractivity contribution in [3.8, 4) is 0 Å². The van der Waals surface area contributed by atoms with Crippen LogP contribution in [0, 0.1) is 5.92 Å². The van der Waals surface area contributed by atoms with Crippen LogP contribution in [0.25, 0.3) is 0 Å². The van der Waals surface area contributed by atoms with Crippen LogP contribution in [0.3, 0.4) is 0 Å². The third-order valence-electron chi connectivity index (χ3n) is 3.36. The summed E-state index contributed by atoms with van der Waals surface area (Å²) in [6, 6.07) is -0.344. The van der Waals surface area contributed by atoms with Crippen LogP contribution in [-0.4, -0.2) is 23.7 Å². The molecule has 0 radical (unpaired) electrons. The second-order valence-corrected chi connectivity index (χ2v) is 5.61. The van der Waals surface area contributed by atoms with Crippen LogP contribution in [0.1, 0.15) is 40.0 Å². The Hall–Kier alpha value is -1.52. The molecule has 112 valence electrons. The number of hydrogen-bond donors (Lipinski definition) is 1. The fourth-order valence-corrected chi connectivity index (χ4v) is 2.09. The molecule has 0 bridgehead atoms. The van der Waals surface area contributed by atoms with Crippen LogP contribution in [0.5, 0.6) is 0 Å². The number of alkyl halides is 2. The van der Waals surface area contributed by atoms with Gasteiger partial charge in [-0.05, 0) is 38.7 Å². The number of carbonyl (C=O) groups excluding carboxylic acids is 2. The van der Waals surface area contributed by atoms with Crippen molar-refractivity contribution in [2.75, 3.05) is 0 Å². The maximum atomic E-state index is 13.8. The summed E-state index contributed by atoms with van der Waals surface area (Å²) in [5.41, 5.74) is 0.921. The SMILES string of the molecule is C=C(CC(F)(F)C(=O)NC(C)C)[C@H]1CC=C(C)C(=O)C1. The highest BCUT2D eigenvalue weighted by molar-refractivity contribution is 5.95. The number of nitrogens with one attached hydrogen (secondary N) is 1. The first-order valence-electron chi connectivity index (χ1n) is 6.70. The molecule has 0 heterocycles. The smallest absolute Gasteiger partial charge is 0.328 e. The normalized spacial score (nSPS) is 19.8. The molecule has 20 heavy (non-hydrogen) atoms. The van der Waals surface area contributed by atoms with Crippen molar-refractivity contribution < 1.29 is 18.4 Å². The van der Waals surface area contributed by atoms with Gasteiger partial charge in [-0.25, -0.2) is 0 Å². The van der Waals surface area contributed by atoms with Crippen LogP contribution < -0.4 is 5.32 Å². The Balaban J connectivity index is 2.66. The Kier molecular flexibility index (Phi) is 5.20. The van der Waals surface area contributed by atoms with E-state index in [2.05, 4.69) is 11.9 Å². The highest BCUT2D eigenvalue weighted by Gasteiger charge is 2.40. The lowest BCUT2D eigenvalue weighted by molar-refractivity contribution is -0.146. The van der Waals surface area contributed by atoms with Crippen LogP contribution >= 0.6 is 0 Å². The lowest BCUT2D eigenvalue weighted by Gasteiger charge is -2.25. The summed E-state index contributed by atoms with van der Waals surface area (Å²) >= 11 is 0. The van der Waals surface area contributed by atoms with Gasteiger partial charge in [-0.3, -0.25) is 9.59 Å². The van der Waals surface area contributed by atoms with E-state index in [0.29, 0.717) is 12.0 Å². The standard InChI is InChI=1S/C15H21F2NO2/c1-9(2)18-14(20)15(16,17)8-11(4)12-6-5-10(3)13(19)7-12/h5,9,12H,4,6-8H2,1-3H3,(H,18,20)/t12-/m0/s1. The minimum absolute atomic E-state index is 0.0441. The van der Waals surface area contributed by atoms with Crippen LogP contribution in [0.2, 0.25) is 0 Å². The van der Waals surface area contributed by atoms with Gasteiger partial charge in [-0.1, -0.05) is 18.2 Å². The summed E-state index contributed by atoms with van der Waals surface area (Å²) in [6.45, 7) is 8.60. The number of hydrogen-bond acceptors (Lipinski definition) is 2. The van der Waals surface area contributed by atoms with E-state index in [9.17, 15) is 18.4 Å². The van der Waals surface area contributed by atoms with Gasteiger partial charge in [-0.15, -0.1) is 0 Å². The monoisotopic (exact) mass is 285 g/mol. The number of allylic oxidation sites excluding steroid dienone is 3. The lowest BCUT2D eigenvalue weighted by atomic mass is 9.82. The van der Waals surface area contributed by atoms with Gasteiger partial charge < -0.3 is 5.32 Å². The van der Waals surface area contributed by atoms with Crippen molar-refractivity contribution in [3.05, 3.63) is 23.8 Å². The molecule has 0 aliphatic heterocycles. The zero-order chi connectivity index (χ0) is 15.5. The fourth-order valence-electron chi connectivity index (χ4n) is 2.09. The summed E-state index contributed by atoms with van der Waals surface area (Å²) in [6.07, 6.45) is 1.76. The molecule has 0 fully saturated rings. The maximum Gasteiger partial charge on any atom is 0.328 e. The van der Waals surface area contributed by atoms with Crippen molar-refractivity contribution in [2.24, 2.45) is 5.92 Å². The number of amides is 1. The van der Waals surface area contributed by atoms with Crippen molar-refractivity contribution >= 4 is 11.7 Å². The summed E-state index contributed by atoms with van der Waals surface area (Å²) in [7, 11) is 0. The van der Waals surface area contributed by atoms with Crippen molar-refractivity contribution in [2.45, 2.75) is 52.0 Å². The molecule has 0 unspecified atom stereocenters. The second-order valence-electron chi connectivity index (χ2n) is 5.61. The molecule has 3 nitrogen and oxygen atoms in total. The number of Topliss-reactive ketones (excluding diaryl/α,β-unsaturated/α-hetero) is 1. The molecule has 0 aromatic carbocycles. The van der Waals surface area contributed by atoms with Gasteiger partial charge in [0, 0.05) is 18.9 Å². The van der Waals surface area contributed by atoms with Gasteiger partial charge in [0.25, 0.3) is 5.91 Å². The topological polar surface area (TPSA) is 46.2 Å². The van der Waals surface area contributed by atoms with E-state index < -0.39 is 18.3 Å². The maximum absolute atomic E-state index is 13.8. The van der Waals surface area contributed by atoms with Gasteiger partial charge in [0.15, 0.2) is 5.78 Å². The number of halogens is 2. The molecule has 0 aromatic rings. The van der Waals surface area contributed by atoms with E-state index in [0.717, 1.165) is 0 Å². The molecule has 1 aliphatic rings. The third kappa shape index (κ3) is 4.25. The van der Waals surface area contributed by atoms with Gasteiger partial charge in [-0.2, -0.15) is 8.78 Å². The van der Waals surface area contributed by atoms with E-state index >= 15 is 0 Å². The summed E-state index contributed by atoms with van der Waals surface area (Å²) in [4.78, 5) is 23.0. The lowest BCUT2D eigenvalue weighted by Crippen LogP contribution is -2.43. The van der Waals surface area contributed by atoms with Gasteiger partial charge in [0.1, 0.15) is 0 Å². The molecular formula is C15H21F2NO2. The summed E-state index contributed by atoms with van der Waals surface area (Å²) in [5, 5.41) is 2.20. The third-order valence-corrected chi connectivity index (χ3v) is 3.36. The predicted octanol–water partition coefficient (Wildman–Crippen LogP) is 3.02. The molecule has 0 aromatic heterocycles. The van der Waals surface area contributed by atoms with Gasteiger partial charge in [0.2, 0.25) is 0 Å². The molecule has 0 saturated carbocycles. The first-order chi connectivity index (χ1) is 9.13. The minimum Gasteiger partial charge on any atom is -0.349 e. The molecule has 1 rings (SSSR count). The largest absolute Gasteiger partial charge is 0.349 e. The molecule has 1 amide bonds. The zero-order valence-electron chi connectivity index (χ0n) is 12.1. The van der Waals surface area contributed by atoms with Crippen molar-refractivity contribution in [1.82, 2.24) is 5.32 Å². The van der Waals surface area contributed by atoms with E-state index in [4.69, 9.17) is 0 Å². The molecule has 0 saturated heterocycles. The summed E-state index contributed by atoms with van der Waals surface area (Å²) < 4.78 is 27.6. The molecule has 0 spiro atoms. The Morgan fingerprint density at radius 2 is 2.15 bits per heavy atom. The Labute approximate surface area is 118 Å². The van der Waals surface area contributed by atoms with E-state index in [1.807, 2.05) is 0 Å². The molecular weight excluding hydrogens is 264 g/mol. The van der Waals surface area contributed by atoms with Gasteiger partial charge in [0.05, 0.1) is 0 Å². The number of ketones is 1. The van der Waals surface area contributed by atoms with Crippen molar-refractivity contribution in [1.29, 1.82) is 0 Å². The first kappa shape index (κ1) is 16.5. The van der Waals surface area contributed by atoms with E-state index in [1.54, 1.807) is 26.8 Å². The molecule has 1 atom stereocenters. The fraction of sp³-hybridized carbons (Fsp3) is 0.600. The highest BCUT2D eigenvalue weighted by atomic mass is 19.3. The number of rotatable bonds is 5. The quantitative estimate of drug-likeness (QED) is 0.789. The minimum atomic E-state index is -3.49. The van der Waals surface area contributed by atoms with Gasteiger partial charge >= 0.3 is 5.92 Å². The van der Waals surface area contributed by atoms with Crippen LogP contribution in [0.15, 0.2) is 23.8 Å². The molecule has 5 heteroatoms. The highest BCUT2D eigenvalue weighted by Crippen LogP contribution is 2.33. The average molecular weight is 285 g/mol. The van der Waals surface area contributed by atoms with E-state index in [1.165, 1.54) is 0 Å². The Morgan fingerprint density at radius 3 is 2.65 bits per heavy atom. The zero-order valence-corrected chi connectivity index (χ0v) is 12.1. The van der Waals surface area contributed by atoms with Crippen LogP contribution in [-0.2, 0) is 9.59 Å². The number of carbonyl (C=O) groups is 2. The molecule has 1 aliphatic carbocycles. The Bertz CT molecular complexity index is 453. The van der Waals surface area contributed by atoms with Crippen LogP contribution in [0.4, 0.5) is 8.78 Å². The summed E-state index contributed by atoms with van der Waals surface area (Å²) in [5.74, 6) is -5.12. The average Bonchev–Trinajstić information content (AvgIpc) is 2.31. The first-order valence-corrected chi connectivity index (χ1v) is 6.70. The van der Waals surface area contributed by atoms with Crippen molar-refractivity contribution in [3.63, 3.8) is 0 Å².